The monoisotopic (exact) mass is 187 g/mol. The normalized spacial score (nSPS) is 13.6. The molecule has 0 amide bonds. The Labute approximate surface area is 84.5 Å². The van der Waals surface area contributed by atoms with Gasteiger partial charge in [0.15, 0.2) is 0 Å². The first-order chi connectivity index (χ1) is 6.88. The SMILES string of the molecule is CCCn1cc[n+](CC2=C=CC=C2)c1. The van der Waals surface area contributed by atoms with E-state index in [1.807, 2.05) is 12.2 Å². The third-order valence-electron chi connectivity index (χ3n) is 2.24. The number of rotatable bonds is 4. The van der Waals surface area contributed by atoms with Gasteiger partial charge in [0.05, 0.1) is 6.54 Å². The minimum absolute atomic E-state index is 0.920. The highest BCUT2D eigenvalue weighted by Gasteiger charge is 2.04. The molecule has 0 spiro atoms. The zero-order valence-electron chi connectivity index (χ0n) is 8.48. The Balaban J connectivity index is 2.03. The van der Waals surface area contributed by atoms with E-state index in [9.17, 15) is 0 Å². The summed E-state index contributed by atoms with van der Waals surface area (Å²) in [4.78, 5) is 0. The molecule has 72 valence electrons. The van der Waals surface area contributed by atoms with Gasteiger partial charge in [0.25, 0.3) is 0 Å². The number of aromatic nitrogens is 2. The Hall–Kier alpha value is -1.53. The molecule has 1 aliphatic rings. The highest BCUT2D eigenvalue weighted by molar-refractivity contribution is 5.27. The summed E-state index contributed by atoms with van der Waals surface area (Å²) in [5, 5.41) is 0. The van der Waals surface area contributed by atoms with E-state index in [1.165, 1.54) is 12.0 Å². The van der Waals surface area contributed by atoms with Crippen molar-refractivity contribution in [2.24, 2.45) is 0 Å². The van der Waals surface area contributed by atoms with Crippen LogP contribution < -0.4 is 4.57 Å². The molecule has 0 unspecified atom stereocenters. The predicted molar refractivity (Wildman–Crippen MR) is 55.7 cm³/mol. The fraction of sp³-hybridized carbons (Fsp3) is 0.333. The lowest BCUT2D eigenvalue weighted by Gasteiger charge is -1.93. The first-order valence-electron chi connectivity index (χ1n) is 5.05. The van der Waals surface area contributed by atoms with Crippen LogP contribution in [0.2, 0.25) is 0 Å². The van der Waals surface area contributed by atoms with Crippen molar-refractivity contribution in [2.45, 2.75) is 26.4 Å². The van der Waals surface area contributed by atoms with Gasteiger partial charge in [-0.1, -0.05) is 13.0 Å². The van der Waals surface area contributed by atoms with Gasteiger partial charge in [0, 0.05) is 5.57 Å². The zero-order valence-corrected chi connectivity index (χ0v) is 8.48. The minimum Gasteiger partial charge on any atom is -0.237 e. The summed E-state index contributed by atoms with van der Waals surface area (Å²) >= 11 is 0. The molecule has 0 saturated carbocycles. The van der Waals surface area contributed by atoms with Crippen molar-refractivity contribution in [3.05, 3.63) is 48.3 Å². The number of hydrogen-bond donors (Lipinski definition) is 0. The number of hydrogen-bond acceptors (Lipinski definition) is 0. The van der Waals surface area contributed by atoms with Crippen molar-refractivity contribution in [1.82, 2.24) is 4.57 Å². The molecule has 1 heterocycles. The average Bonchev–Trinajstić information content (AvgIpc) is 2.79. The topological polar surface area (TPSA) is 8.81 Å². The lowest BCUT2D eigenvalue weighted by atomic mass is 10.3. The van der Waals surface area contributed by atoms with Gasteiger partial charge in [-0.25, -0.2) is 9.13 Å². The second-order valence-corrected chi connectivity index (χ2v) is 3.52. The van der Waals surface area contributed by atoms with Gasteiger partial charge < -0.3 is 0 Å². The third kappa shape index (κ3) is 2.04. The minimum atomic E-state index is 0.920. The van der Waals surface area contributed by atoms with Crippen molar-refractivity contribution in [1.29, 1.82) is 0 Å². The van der Waals surface area contributed by atoms with Crippen LogP contribution in [0.1, 0.15) is 13.3 Å². The fourth-order valence-electron chi connectivity index (χ4n) is 1.59. The number of imidazole rings is 1. The van der Waals surface area contributed by atoms with E-state index in [4.69, 9.17) is 0 Å². The molecule has 0 aromatic carbocycles. The van der Waals surface area contributed by atoms with Crippen LogP contribution in [0.5, 0.6) is 0 Å². The summed E-state index contributed by atoms with van der Waals surface area (Å²) in [6, 6.07) is 0. The first kappa shape index (κ1) is 9.04. The Morgan fingerprint density at radius 3 is 3.14 bits per heavy atom. The molecule has 0 bridgehead atoms. The van der Waals surface area contributed by atoms with Crippen molar-refractivity contribution in [3.63, 3.8) is 0 Å². The largest absolute Gasteiger partial charge is 0.244 e. The highest BCUT2D eigenvalue weighted by Crippen LogP contribution is 2.01. The quantitative estimate of drug-likeness (QED) is 0.502. The molecule has 1 aromatic rings. The third-order valence-corrected chi connectivity index (χ3v) is 2.24. The summed E-state index contributed by atoms with van der Waals surface area (Å²) in [6.45, 7) is 4.21. The Morgan fingerprint density at radius 2 is 2.43 bits per heavy atom. The molecule has 0 radical (unpaired) electrons. The van der Waals surface area contributed by atoms with Crippen LogP contribution in [0.15, 0.2) is 48.3 Å². The fourth-order valence-corrected chi connectivity index (χ4v) is 1.59. The second-order valence-electron chi connectivity index (χ2n) is 3.52. The molecule has 0 N–H and O–H groups in total. The number of nitrogens with zero attached hydrogens (tertiary/aromatic N) is 2. The number of aryl methyl sites for hydroxylation is 1. The van der Waals surface area contributed by atoms with Crippen molar-refractivity contribution in [2.75, 3.05) is 0 Å². The first-order valence-corrected chi connectivity index (χ1v) is 5.05. The van der Waals surface area contributed by atoms with Crippen LogP contribution in [0.4, 0.5) is 0 Å². The average molecular weight is 187 g/mol. The molecule has 1 aliphatic carbocycles. The maximum absolute atomic E-state index is 3.20. The summed E-state index contributed by atoms with van der Waals surface area (Å²) in [5.41, 5.74) is 4.44. The van der Waals surface area contributed by atoms with E-state index >= 15 is 0 Å². The maximum Gasteiger partial charge on any atom is 0.244 e. The summed E-state index contributed by atoms with van der Waals surface area (Å²) in [5.74, 6) is 0. The van der Waals surface area contributed by atoms with Crippen molar-refractivity contribution in [3.8, 4) is 0 Å². The van der Waals surface area contributed by atoms with Gasteiger partial charge in [-0.05, 0) is 18.6 Å². The highest BCUT2D eigenvalue weighted by atomic mass is 15.1. The molecule has 14 heavy (non-hydrogen) atoms. The van der Waals surface area contributed by atoms with E-state index in [2.05, 4.69) is 46.6 Å². The van der Waals surface area contributed by atoms with E-state index in [0.717, 1.165) is 13.1 Å². The van der Waals surface area contributed by atoms with Gasteiger partial charge in [-0.2, -0.15) is 0 Å². The summed E-state index contributed by atoms with van der Waals surface area (Å²) in [7, 11) is 0. The Kier molecular flexibility index (Phi) is 2.66. The second kappa shape index (κ2) is 4.12. The van der Waals surface area contributed by atoms with E-state index < -0.39 is 0 Å². The van der Waals surface area contributed by atoms with Gasteiger partial charge in [-0.3, -0.25) is 0 Å². The van der Waals surface area contributed by atoms with E-state index in [1.54, 1.807) is 0 Å². The smallest absolute Gasteiger partial charge is 0.237 e. The molecular weight excluding hydrogens is 172 g/mol. The Morgan fingerprint density at radius 1 is 1.50 bits per heavy atom. The van der Waals surface area contributed by atoms with Crippen molar-refractivity contribution < 1.29 is 4.57 Å². The molecular formula is C12H15N2+. The van der Waals surface area contributed by atoms with Crippen LogP contribution in [0, 0.1) is 0 Å². The van der Waals surface area contributed by atoms with Crippen LogP contribution >= 0.6 is 0 Å². The van der Waals surface area contributed by atoms with Crippen LogP contribution in [-0.2, 0) is 13.1 Å². The molecule has 2 heteroatoms. The van der Waals surface area contributed by atoms with Crippen LogP contribution in [0.25, 0.3) is 0 Å². The molecule has 1 aromatic heterocycles. The van der Waals surface area contributed by atoms with Gasteiger partial charge >= 0.3 is 0 Å². The molecule has 2 nitrogen and oxygen atoms in total. The lowest BCUT2D eigenvalue weighted by molar-refractivity contribution is -0.688. The maximum atomic E-state index is 3.20. The summed E-state index contributed by atoms with van der Waals surface area (Å²) < 4.78 is 4.39. The number of allylic oxidation sites excluding steroid dienone is 3. The van der Waals surface area contributed by atoms with Crippen LogP contribution in [-0.4, -0.2) is 4.57 Å². The summed E-state index contributed by atoms with van der Waals surface area (Å²) in [6.07, 6.45) is 13.6. The van der Waals surface area contributed by atoms with Crippen molar-refractivity contribution >= 4 is 0 Å². The molecule has 2 rings (SSSR count). The molecule has 0 aliphatic heterocycles. The van der Waals surface area contributed by atoms with Crippen LogP contribution in [0.3, 0.4) is 0 Å². The standard InChI is InChI=1S/C12H15N2/c1-2-7-13-8-9-14(11-13)10-12-5-3-4-6-12/h3-5,8-9,11H,2,7,10H2,1H3/q+1. The Bertz CT molecular complexity index is 404. The van der Waals surface area contributed by atoms with Gasteiger partial charge in [0.1, 0.15) is 18.9 Å². The molecule has 0 fully saturated rings. The van der Waals surface area contributed by atoms with Gasteiger partial charge in [-0.15, -0.1) is 5.73 Å². The molecule has 0 saturated heterocycles. The predicted octanol–water partition coefficient (Wildman–Crippen LogP) is 1.84. The zero-order chi connectivity index (χ0) is 9.80. The van der Waals surface area contributed by atoms with E-state index in [0.29, 0.717) is 0 Å². The lowest BCUT2D eigenvalue weighted by Crippen LogP contribution is -2.31. The molecule has 0 atom stereocenters. The van der Waals surface area contributed by atoms with Gasteiger partial charge in [0.2, 0.25) is 6.33 Å². The van der Waals surface area contributed by atoms with E-state index in [-0.39, 0.29) is 0 Å².